The fraction of sp³-hybridized carbons (Fsp3) is 0.375. The van der Waals surface area contributed by atoms with E-state index in [-0.39, 0.29) is 5.82 Å². The zero-order chi connectivity index (χ0) is 8.43. The number of aryl methyl sites for hydroxylation is 2. The molecule has 0 aromatic carbocycles. The van der Waals surface area contributed by atoms with Crippen molar-refractivity contribution in [2.45, 2.75) is 20.3 Å². The molecule has 0 aliphatic rings. The number of hydrogen-bond acceptors (Lipinski definition) is 1. The number of aromatic nitrogens is 1. The normalized spacial score (nSPS) is 10.2. The minimum Gasteiger partial charge on any atom is -0.260 e. The predicted octanol–water partition coefficient (Wildman–Crippen LogP) is 2.85. The van der Waals surface area contributed by atoms with Gasteiger partial charge in [0.05, 0.1) is 10.2 Å². The van der Waals surface area contributed by atoms with E-state index >= 15 is 0 Å². The van der Waals surface area contributed by atoms with Crippen molar-refractivity contribution in [3.05, 3.63) is 27.7 Å². The van der Waals surface area contributed by atoms with Crippen LogP contribution >= 0.6 is 15.9 Å². The van der Waals surface area contributed by atoms with Gasteiger partial charge in [-0.2, -0.15) is 0 Å². The fourth-order valence-electron chi connectivity index (χ4n) is 0.834. The van der Waals surface area contributed by atoms with Crippen LogP contribution in [0.25, 0.3) is 0 Å². The van der Waals surface area contributed by atoms with Gasteiger partial charge in [0.1, 0.15) is 5.82 Å². The molecular formula is C8H9BrFN. The molecule has 0 saturated carbocycles. The fourth-order valence-corrected chi connectivity index (χ4v) is 1.19. The van der Waals surface area contributed by atoms with Crippen LogP contribution in [-0.2, 0) is 6.42 Å². The standard InChI is InChI=1S/C8H9BrFN/c1-3-6-4-11-5(2)7(9)8(6)10/h4H,3H2,1-2H3. The molecule has 1 aromatic rings. The lowest BCUT2D eigenvalue weighted by Crippen LogP contribution is -1.94. The number of hydrogen-bond donors (Lipinski definition) is 0. The summed E-state index contributed by atoms with van der Waals surface area (Å²) >= 11 is 3.13. The molecule has 1 aromatic heterocycles. The maximum absolute atomic E-state index is 13.2. The van der Waals surface area contributed by atoms with Crippen LogP contribution in [0.2, 0.25) is 0 Å². The topological polar surface area (TPSA) is 12.9 Å². The number of pyridine rings is 1. The van der Waals surface area contributed by atoms with Crippen molar-refractivity contribution < 1.29 is 4.39 Å². The van der Waals surface area contributed by atoms with Gasteiger partial charge < -0.3 is 0 Å². The molecule has 0 saturated heterocycles. The van der Waals surface area contributed by atoms with Gasteiger partial charge in [-0.05, 0) is 29.3 Å². The Hall–Kier alpha value is -0.440. The number of rotatable bonds is 1. The van der Waals surface area contributed by atoms with E-state index in [1.54, 1.807) is 13.1 Å². The average Bonchev–Trinajstić information content (AvgIpc) is 2.01. The first-order chi connectivity index (χ1) is 5.16. The molecule has 0 aliphatic carbocycles. The van der Waals surface area contributed by atoms with Crippen molar-refractivity contribution in [1.82, 2.24) is 4.98 Å². The highest BCUT2D eigenvalue weighted by Crippen LogP contribution is 2.20. The monoisotopic (exact) mass is 217 g/mol. The highest BCUT2D eigenvalue weighted by Gasteiger charge is 2.07. The van der Waals surface area contributed by atoms with Gasteiger partial charge in [-0.3, -0.25) is 4.98 Å². The molecule has 0 aliphatic heterocycles. The van der Waals surface area contributed by atoms with Gasteiger partial charge in [0, 0.05) is 11.8 Å². The summed E-state index contributed by atoms with van der Waals surface area (Å²) in [5, 5.41) is 0. The maximum Gasteiger partial charge on any atom is 0.143 e. The van der Waals surface area contributed by atoms with Gasteiger partial charge in [-0.25, -0.2) is 4.39 Å². The van der Waals surface area contributed by atoms with E-state index in [2.05, 4.69) is 20.9 Å². The molecular weight excluding hydrogens is 209 g/mol. The lowest BCUT2D eigenvalue weighted by molar-refractivity contribution is 0.600. The highest BCUT2D eigenvalue weighted by atomic mass is 79.9. The van der Waals surface area contributed by atoms with Gasteiger partial charge in [0.2, 0.25) is 0 Å². The van der Waals surface area contributed by atoms with Gasteiger partial charge in [0.25, 0.3) is 0 Å². The van der Waals surface area contributed by atoms with E-state index < -0.39 is 0 Å². The Labute approximate surface area is 73.8 Å². The summed E-state index contributed by atoms with van der Waals surface area (Å²) in [6.07, 6.45) is 2.26. The molecule has 0 unspecified atom stereocenters. The molecule has 0 atom stereocenters. The van der Waals surface area contributed by atoms with Gasteiger partial charge in [0.15, 0.2) is 0 Å². The summed E-state index contributed by atoms with van der Waals surface area (Å²) in [5.41, 5.74) is 1.35. The van der Waals surface area contributed by atoms with E-state index in [1.807, 2.05) is 6.92 Å². The Kier molecular flexibility index (Phi) is 2.60. The van der Waals surface area contributed by atoms with Crippen molar-refractivity contribution >= 4 is 15.9 Å². The Morgan fingerprint density at radius 1 is 1.64 bits per heavy atom. The second-order valence-corrected chi connectivity index (χ2v) is 3.14. The molecule has 0 radical (unpaired) electrons. The van der Waals surface area contributed by atoms with Crippen molar-refractivity contribution in [3.63, 3.8) is 0 Å². The number of nitrogens with zero attached hydrogens (tertiary/aromatic N) is 1. The van der Waals surface area contributed by atoms with Crippen LogP contribution in [0.3, 0.4) is 0 Å². The third kappa shape index (κ3) is 1.59. The molecule has 0 amide bonds. The molecule has 0 spiro atoms. The van der Waals surface area contributed by atoms with Crippen LogP contribution in [0.5, 0.6) is 0 Å². The Morgan fingerprint density at radius 3 is 2.82 bits per heavy atom. The second kappa shape index (κ2) is 3.30. The van der Waals surface area contributed by atoms with Crippen LogP contribution in [0.1, 0.15) is 18.2 Å². The molecule has 11 heavy (non-hydrogen) atoms. The predicted molar refractivity (Wildman–Crippen MR) is 46.0 cm³/mol. The third-order valence-corrected chi connectivity index (χ3v) is 2.51. The van der Waals surface area contributed by atoms with Crippen molar-refractivity contribution in [3.8, 4) is 0 Å². The van der Waals surface area contributed by atoms with E-state index in [1.165, 1.54) is 0 Å². The Bertz CT molecular complexity index is 273. The van der Waals surface area contributed by atoms with Gasteiger partial charge in [-0.15, -0.1) is 0 Å². The lowest BCUT2D eigenvalue weighted by Gasteiger charge is -2.02. The quantitative estimate of drug-likeness (QED) is 0.706. The van der Waals surface area contributed by atoms with E-state index in [9.17, 15) is 4.39 Å². The smallest absolute Gasteiger partial charge is 0.143 e. The molecule has 1 nitrogen and oxygen atoms in total. The van der Waals surface area contributed by atoms with Gasteiger partial charge in [-0.1, -0.05) is 6.92 Å². The molecule has 0 N–H and O–H groups in total. The summed E-state index contributed by atoms with van der Waals surface area (Å²) in [5.74, 6) is -0.181. The summed E-state index contributed by atoms with van der Waals surface area (Å²) < 4.78 is 13.7. The van der Waals surface area contributed by atoms with E-state index in [0.29, 0.717) is 22.2 Å². The highest BCUT2D eigenvalue weighted by molar-refractivity contribution is 9.10. The van der Waals surface area contributed by atoms with Crippen molar-refractivity contribution in [2.75, 3.05) is 0 Å². The first kappa shape index (κ1) is 8.65. The van der Waals surface area contributed by atoms with Crippen LogP contribution in [0.15, 0.2) is 10.7 Å². The minimum absolute atomic E-state index is 0.181. The molecule has 0 fully saturated rings. The average molecular weight is 218 g/mol. The molecule has 3 heteroatoms. The van der Waals surface area contributed by atoms with Crippen LogP contribution in [-0.4, -0.2) is 4.98 Å². The van der Waals surface area contributed by atoms with Crippen molar-refractivity contribution in [2.24, 2.45) is 0 Å². The maximum atomic E-state index is 13.2. The summed E-state index contributed by atoms with van der Waals surface area (Å²) in [4.78, 5) is 4.02. The van der Waals surface area contributed by atoms with Gasteiger partial charge >= 0.3 is 0 Å². The zero-order valence-electron chi connectivity index (χ0n) is 6.49. The molecule has 60 valence electrons. The van der Waals surface area contributed by atoms with E-state index in [4.69, 9.17) is 0 Å². The lowest BCUT2D eigenvalue weighted by atomic mass is 10.2. The molecule has 1 heterocycles. The first-order valence-corrected chi connectivity index (χ1v) is 4.25. The van der Waals surface area contributed by atoms with Crippen LogP contribution in [0, 0.1) is 12.7 Å². The Morgan fingerprint density at radius 2 is 2.27 bits per heavy atom. The molecule has 0 bridgehead atoms. The minimum atomic E-state index is -0.181. The first-order valence-electron chi connectivity index (χ1n) is 3.46. The Balaban J connectivity index is 3.25. The zero-order valence-corrected chi connectivity index (χ0v) is 8.07. The van der Waals surface area contributed by atoms with Crippen LogP contribution < -0.4 is 0 Å². The number of halogens is 2. The summed E-state index contributed by atoms with van der Waals surface area (Å²) in [6, 6.07) is 0. The third-order valence-electron chi connectivity index (χ3n) is 1.59. The largest absolute Gasteiger partial charge is 0.260 e. The summed E-state index contributed by atoms with van der Waals surface area (Å²) in [7, 11) is 0. The van der Waals surface area contributed by atoms with Crippen molar-refractivity contribution in [1.29, 1.82) is 0 Å². The molecule has 1 rings (SSSR count). The van der Waals surface area contributed by atoms with E-state index in [0.717, 1.165) is 0 Å². The summed E-state index contributed by atoms with van der Waals surface area (Å²) in [6.45, 7) is 3.68. The van der Waals surface area contributed by atoms with Crippen LogP contribution in [0.4, 0.5) is 4.39 Å². The SMILES string of the molecule is CCc1cnc(C)c(Br)c1F. The second-order valence-electron chi connectivity index (χ2n) is 2.35.